The van der Waals surface area contributed by atoms with Crippen LogP contribution in [0.5, 0.6) is 0 Å². The first-order valence-corrected chi connectivity index (χ1v) is 10.9. The van der Waals surface area contributed by atoms with Gasteiger partial charge in [0.2, 0.25) is 0 Å². The molecule has 1 aliphatic rings. The van der Waals surface area contributed by atoms with Crippen molar-refractivity contribution in [1.29, 1.82) is 0 Å². The molecule has 1 N–H and O–H groups in total. The van der Waals surface area contributed by atoms with E-state index in [9.17, 15) is 9.90 Å². The number of ketones is 1. The van der Waals surface area contributed by atoms with Crippen LogP contribution in [0.2, 0.25) is 0 Å². The summed E-state index contributed by atoms with van der Waals surface area (Å²) in [6, 6.07) is 21.8. The molecule has 30 heavy (non-hydrogen) atoms. The van der Waals surface area contributed by atoms with Gasteiger partial charge in [0.15, 0.2) is 5.78 Å². The Labute approximate surface area is 185 Å². The molecule has 3 aromatic rings. The summed E-state index contributed by atoms with van der Waals surface area (Å²) in [4.78, 5) is 17.8. The number of halogens is 1. The van der Waals surface area contributed by atoms with Gasteiger partial charge in [-0.3, -0.25) is 9.79 Å². The number of aliphatic hydroxyl groups is 1. The molecule has 0 atom stereocenters. The van der Waals surface area contributed by atoms with Crippen molar-refractivity contribution < 1.29 is 9.90 Å². The normalized spacial score (nSPS) is 19.3. The molecule has 152 valence electrons. The number of aliphatic hydroxyl groups excluding tert-OH is 1. The van der Waals surface area contributed by atoms with Crippen molar-refractivity contribution in [2.45, 2.75) is 33.1 Å². The van der Waals surface area contributed by atoms with E-state index in [0.717, 1.165) is 26.5 Å². The van der Waals surface area contributed by atoms with Gasteiger partial charge in [0.05, 0.1) is 17.0 Å². The molecule has 1 fully saturated rings. The van der Waals surface area contributed by atoms with Crippen molar-refractivity contribution in [3.8, 4) is 0 Å². The number of benzene rings is 3. The molecule has 3 nitrogen and oxygen atoms in total. The first-order valence-electron chi connectivity index (χ1n) is 10.1. The smallest absolute Gasteiger partial charge is 0.168 e. The summed E-state index contributed by atoms with van der Waals surface area (Å²) in [5.41, 5.74) is 2.63. The highest BCUT2D eigenvalue weighted by molar-refractivity contribution is 9.10. The van der Waals surface area contributed by atoms with Crippen LogP contribution in [0.25, 0.3) is 10.8 Å². The summed E-state index contributed by atoms with van der Waals surface area (Å²) >= 11 is 3.44. The molecular formula is C26H24BrNO2. The van der Waals surface area contributed by atoms with E-state index in [2.05, 4.69) is 41.9 Å². The maximum absolute atomic E-state index is 13.1. The lowest BCUT2D eigenvalue weighted by Crippen LogP contribution is -2.32. The largest absolute Gasteiger partial charge is 0.511 e. The van der Waals surface area contributed by atoms with Gasteiger partial charge in [-0.2, -0.15) is 0 Å². The number of rotatable bonds is 3. The second-order valence-corrected chi connectivity index (χ2v) is 9.53. The summed E-state index contributed by atoms with van der Waals surface area (Å²) in [6.07, 6.45) is 1.35. The Morgan fingerprint density at radius 1 is 1.00 bits per heavy atom. The fraction of sp³-hybridized carbons (Fsp3) is 0.231. The number of Topliss-reactive ketones (excluding diaryl/α,β-unsaturated/α-hetero) is 1. The molecule has 1 aliphatic carbocycles. The van der Waals surface area contributed by atoms with Crippen molar-refractivity contribution in [3.63, 3.8) is 0 Å². The van der Waals surface area contributed by atoms with Gasteiger partial charge >= 0.3 is 0 Å². The lowest BCUT2D eigenvalue weighted by molar-refractivity contribution is -0.117. The number of fused-ring (bicyclic) bond motifs is 1. The Bertz CT molecular complexity index is 1170. The summed E-state index contributed by atoms with van der Waals surface area (Å²) in [6.45, 7) is 4.14. The number of allylic oxidation sites excluding steroid dienone is 2. The summed E-state index contributed by atoms with van der Waals surface area (Å²) in [5.74, 6) is 0.0579. The van der Waals surface area contributed by atoms with E-state index >= 15 is 0 Å². The molecule has 0 bridgehead atoms. The standard InChI is InChI=1S/C26H24BrNO2/c1-26(2)15-22(28-20-12-10-19(27)11-13-20)25(24(30)16-26)23(29)14-18-8-5-7-17-6-3-4-9-21(17)18/h3-13,29H,14-16H2,1-2H3. The lowest BCUT2D eigenvalue weighted by atomic mass is 9.73. The van der Waals surface area contributed by atoms with Crippen LogP contribution in [0.1, 0.15) is 32.3 Å². The number of aliphatic imine (C=N–C) groups is 1. The first-order chi connectivity index (χ1) is 14.3. The minimum absolute atomic E-state index is 0.0418. The molecular weight excluding hydrogens is 438 g/mol. The van der Waals surface area contributed by atoms with E-state index in [1.54, 1.807) is 0 Å². The maximum Gasteiger partial charge on any atom is 0.168 e. The second kappa shape index (κ2) is 8.19. The van der Waals surface area contributed by atoms with Crippen molar-refractivity contribution in [2.24, 2.45) is 10.4 Å². The van der Waals surface area contributed by atoms with Crippen LogP contribution < -0.4 is 0 Å². The molecule has 0 aliphatic heterocycles. The molecule has 0 aromatic heterocycles. The Morgan fingerprint density at radius 2 is 1.70 bits per heavy atom. The van der Waals surface area contributed by atoms with Gasteiger partial charge in [-0.1, -0.05) is 72.2 Å². The minimum Gasteiger partial charge on any atom is -0.511 e. The summed E-state index contributed by atoms with van der Waals surface area (Å²) in [7, 11) is 0. The molecule has 0 unspecified atom stereocenters. The maximum atomic E-state index is 13.1. The average Bonchev–Trinajstić information content (AvgIpc) is 2.69. The van der Waals surface area contributed by atoms with E-state index < -0.39 is 0 Å². The number of carbonyl (C=O) groups is 1. The van der Waals surface area contributed by atoms with Gasteiger partial charge in [0.1, 0.15) is 5.76 Å². The first kappa shape index (κ1) is 20.5. The number of carbonyl (C=O) groups excluding carboxylic acids is 1. The third kappa shape index (κ3) is 4.39. The van der Waals surface area contributed by atoms with Gasteiger partial charge in [-0.15, -0.1) is 0 Å². The zero-order chi connectivity index (χ0) is 21.3. The SMILES string of the molecule is CC1(C)CC(=O)C(=C(O)Cc2cccc3ccccc23)C(=Nc2ccc(Br)cc2)C1. The van der Waals surface area contributed by atoms with Crippen LogP contribution >= 0.6 is 15.9 Å². The number of hydrogen-bond acceptors (Lipinski definition) is 3. The van der Waals surface area contributed by atoms with Gasteiger partial charge in [-0.25, -0.2) is 0 Å². The Morgan fingerprint density at radius 3 is 2.47 bits per heavy atom. The third-order valence-electron chi connectivity index (χ3n) is 5.47. The van der Waals surface area contributed by atoms with Crippen molar-refractivity contribution in [2.75, 3.05) is 0 Å². The van der Waals surface area contributed by atoms with E-state index in [-0.39, 0.29) is 17.0 Å². The molecule has 0 heterocycles. The Balaban J connectivity index is 1.78. The molecule has 3 aromatic carbocycles. The number of nitrogens with zero attached hydrogens (tertiary/aromatic N) is 1. The Hall–Kier alpha value is -2.72. The molecule has 4 rings (SSSR count). The molecule has 0 spiro atoms. The quantitative estimate of drug-likeness (QED) is 0.333. The highest BCUT2D eigenvalue weighted by atomic mass is 79.9. The highest BCUT2D eigenvalue weighted by Crippen LogP contribution is 2.37. The molecule has 4 heteroatoms. The number of hydrogen-bond donors (Lipinski definition) is 1. The fourth-order valence-corrected chi connectivity index (χ4v) is 4.36. The van der Waals surface area contributed by atoms with Crippen LogP contribution in [0.4, 0.5) is 5.69 Å². The van der Waals surface area contributed by atoms with Crippen LogP contribution in [0, 0.1) is 5.41 Å². The summed E-state index contributed by atoms with van der Waals surface area (Å²) < 4.78 is 0.973. The zero-order valence-electron chi connectivity index (χ0n) is 17.2. The van der Waals surface area contributed by atoms with Crippen LogP contribution in [0.3, 0.4) is 0 Å². The van der Waals surface area contributed by atoms with E-state index in [1.165, 1.54) is 0 Å². The average molecular weight is 462 g/mol. The Kier molecular flexibility index (Phi) is 5.61. The van der Waals surface area contributed by atoms with Crippen molar-refractivity contribution >= 4 is 43.9 Å². The fourth-order valence-electron chi connectivity index (χ4n) is 4.10. The second-order valence-electron chi connectivity index (χ2n) is 8.61. The van der Waals surface area contributed by atoms with Gasteiger partial charge < -0.3 is 5.11 Å². The highest BCUT2D eigenvalue weighted by Gasteiger charge is 2.36. The van der Waals surface area contributed by atoms with Gasteiger partial charge in [0.25, 0.3) is 0 Å². The predicted molar refractivity (Wildman–Crippen MR) is 127 cm³/mol. The molecule has 0 saturated heterocycles. The topological polar surface area (TPSA) is 49.7 Å². The molecule has 0 radical (unpaired) electrons. The van der Waals surface area contributed by atoms with Crippen LogP contribution in [-0.2, 0) is 11.2 Å². The van der Waals surface area contributed by atoms with Crippen LogP contribution in [0.15, 0.2) is 87.5 Å². The van der Waals surface area contributed by atoms with E-state index in [4.69, 9.17) is 4.99 Å². The summed E-state index contributed by atoms with van der Waals surface area (Å²) in [5, 5.41) is 13.3. The zero-order valence-corrected chi connectivity index (χ0v) is 18.7. The van der Waals surface area contributed by atoms with E-state index in [0.29, 0.717) is 30.5 Å². The van der Waals surface area contributed by atoms with Crippen molar-refractivity contribution in [1.82, 2.24) is 0 Å². The van der Waals surface area contributed by atoms with Gasteiger partial charge in [-0.05, 0) is 52.4 Å². The van der Waals surface area contributed by atoms with Crippen LogP contribution in [-0.4, -0.2) is 16.6 Å². The van der Waals surface area contributed by atoms with E-state index in [1.807, 2.05) is 54.6 Å². The minimum atomic E-state index is -0.186. The molecule has 0 amide bonds. The van der Waals surface area contributed by atoms with Crippen molar-refractivity contribution in [3.05, 3.63) is 88.1 Å². The van der Waals surface area contributed by atoms with Gasteiger partial charge in [0, 0.05) is 17.3 Å². The third-order valence-corrected chi connectivity index (χ3v) is 6.00. The lowest BCUT2D eigenvalue weighted by Gasteiger charge is -2.31. The monoisotopic (exact) mass is 461 g/mol. The molecule has 1 saturated carbocycles. The predicted octanol–water partition coefficient (Wildman–Crippen LogP) is 7.12.